The summed E-state index contributed by atoms with van der Waals surface area (Å²) in [5.41, 5.74) is 4.31. The minimum Gasteiger partial charge on any atom is -0.483 e. The lowest BCUT2D eigenvalue weighted by molar-refractivity contribution is -0.384. The van der Waals surface area contributed by atoms with Crippen LogP contribution in [0.5, 0.6) is 11.5 Å². The fourth-order valence-electron chi connectivity index (χ4n) is 1.91. The first-order valence-electron chi connectivity index (χ1n) is 7.84. The second kappa shape index (κ2) is 9.90. The number of nitrogens with one attached hydrogen (secondary N) is 2. The molecule has 11 heteroatoms. The maximum Gasteiger partial charge on any atom is 0.279 e. The number of non-ortho nitro benzene ring substituents is 1. The minimum atomic E-state index is -0.951. The van der Waals surface area contributed by atoms with Crippen LogP contribution in [0.4, 0.5) is 5.69 Å². The van der Waals surface area contributed by atoms with E-state index >= 15 is 0 Å². The van der Waals surface area contributed by atoms with E-state index < -0.39 is 22.8 Å². The van der Waals surface area contributed by atoms with Gasteiger partial charge in [0.25, 0.3) is 17.5 Å². The fourth-order valence-corrected chi connectivity index (χ4v) is 2.71. The number of benzene rings is 2. The van der Waals surface area contributed by atoms with Gasteiger partial charge in [0.15, 0.2) is 12.7 Å². The van der Waals surface area contributed by atoms with E-state index in [1.807, 2.05) is 0 Å². The van der Waals surface area contributed by atoms with Crippen molar-refractivity contribution in [1.29, 1.82) is 0 Å². The van der Waals surface area contributed by atoms with Crippen molar-refractivity contribution < 1.29 is 24.0 Å². The molecule has 0 aliphatic rings. The van der Waals surface area contributed by atoms with Gasteiger partial charge >= 0.3 is 0 Å². The second-order valence-corrected chi connectivity index (χ2v) is 6.70. The van der Waals surface area contributed by atoms with Crippen molar-refractivity contribution >= 4 is 45.0 Å². The molecular formula is C17H15BrClN3O6. The molecule has 28 heavy (non-hydrogen) atoms. The van der Waals surface area contributed by atoms with Crippen molar-refractivity contribution in [3.8, 4) is 11.5 Å². The molecule has 2 aromatic carbocycles. The number of hydrazine groups is 1. The van der Waals surface area contributed by atoms with Crippen LogP contribution in [0.1, 0.15) is 6.92 Å². The molecular weight excluding hydrogens is 458 g/mol. The summed E-state index contributed by atoms with van der Waals surface area (Å²) < 4.78 is 11.3. The Bertz CT molecular complexity index is 878. The summed E-state index contributed by atoms with van der Waals surface area (Å²) in [6.45, 7) is 1.13. The van der Waals surface area contributed by atoms with Crippen LogP contribution in [0, 0.1) is 10.1 Å². The van der Waals surface area contributed by atoms with E-state index in [2.05, 4.69) is 26.8 Å². The van der Waals surface area contributed by atoms with Gasteiger partial charge in [-0.3, -0.25) is 30.6 Å². The smallest absolute Gasteiger partial charge is 0.279 e. The summed E-state index contributed by atoms with van der Waals surface area (Å²) in [6, 6.07) is 10.1. The Morgan fingerprint density at radius 3 is 2.50 bits per heavy atom. The maximum absolute atomic E-state index is 12.0. The molecule has 148 valence electrons. The molecule has 0 aromatic heterocycles. The van der Waals surface area contributed by atoms with Gasteiger partial charge in [0.1, 0.15) is 11.5 Å². The molecule has 0 radical (unpaired) electrons. The van der Waals surface area contributed by atoms with Crippen molar-refractivity contribution in [1.82, 2.24) is 10.9 Å². The van der Waals surface area contributed by atoms with Crippen LogP contribution in [0.25, 0.3) is 0 Å². The summed E-state index contributed by atoms with van der Waals surface area (Å²) in [5.74, 6) is -0.506. The molecule has 0 saturated heterocycles. The van der Waals surface area contributed by atoms with E-state index in [1.165, 1.54) is 31.2 Å². The van der Waals surface area contributed by atoms with Crippen molar-refractivity contribution in [3.05, 3.63) is 62.1 Å². The molecule has 2 amide bonds. The molecule has 0 heterocycles. The lowest BCUT2D eigenvalue weighted by atomic mass is 10.3. The predicted molar refractivity (Wildman–Crippen MR) is 104 cm³/mol. The standard InChI is InChI=1S/C17H15BrClN3O6/c1-10(28-13-5-3-12(4-6-13)22(25)26)17(24)21-20-16(23)9-27-15-7-2-11(19)8-14(15)18/h2-8,10H,9H2,1H3,(H,20,23)(H,21,24). The third-order valence-electron chi connectivity index (χ3n) is 3.31. The van der Waals surface area contributed by atoms with Crippen molar-refractivity contribution in [2.75, 3.05) is 6.61 Å². The Kier molecular flexibility index (Phi) is 7.59. The quantitative estimate of drug-likeness (QED) is 0.472. The lowest BCUT2D eigenvalue weighted by Crippen LogP contribution is -2.48. The van der Waals surface area contributed by atoms with Crippen molar-refractivity contribution in [2.45, 2.75) is 13.0 Å². The summed E-state index contributed by atoms with van der Waals surface area (Å²) in [4.78, 5) is 33.8. The minimum absolute atomic E-state index is 0.0935. The molecule has 2 N–H and O–H groups in total. The van der Waals surface area contributed by atoms with Gasteiger partial charge in [-0.15, -0.1) is 0 Å². The van der Waals surface area contributed by atoms with E-state index in [4.69, 9.17) is 21.1 Å². The van der Waals surface area contributed by atoms with E-state index in [1.54, 1.807) is 18.2 Å². The molecule has 0 saturated carbocycles. The molecule has 0 spiro atoms. The normalized spacial score (nSPS) is 11.2. The van der Waals surface area contributed by atoms with Crippen LogP contribution < -0.4 is 20.3 Å². The van der Waals surface area contributed by atoms with Crippen LogP contribution in [0.2, 0.25) is 5.02 Å². The number of hydrogen-bond acceptors (Lipinski definition) is 6. The Morgan fingerprint density at radius 1 is 1.21 bits per heavy atom. The Morgan fingerprint density at radius 2 is 1.89 bits per heavy atom. The average molecular weight is 473 g/mol. The maximum atomic E-state index is 12.0. The van der Waals surface area contributed by atoms with Crippen LogP contribution in [-0.2, 0) is 9.59 Å². The van der Waals surface area contributed by atoms with E-state index in [9.17, 15) is 19.7 Å². The Hall–Kier alpha value is -2.85. The average Bonchev–Trinajstić information content (AvgIpc) is 2.65. The van der Waals surface area contributed by atoms with E-state index in [0.717, 1.165) is 0 Å². The van der Waals surface area contributed by atoms with Gasteiger partial charge in [0.2, 0.25) is 0 Å². The zero-order chi connectivity index (χ0) is 20.7. The Balaban J connectivity index is 1.77. The molecule has 0 bridgehead atoms. The van der Waals surface area contributed by atoms with Gasteiger partial charge in [-0.05, 0) is 53.2 Å². The number of nitrogens with zero attached hydrogens (tertiary/aromatic N) is 1. The predicted octanol–water partition coefficient (Wildman–Crippen LogP) is 3.00. The zero-order valence-electron chi connectivity index (χ0n) is 14.5. The number of rotatable bonds is 7. The number of nitro benzene ring substituents is 1. The van der Waals surface area contributed by atoms with Crippen molar-refractivity contribution in [3.63, 3.8) is 0 Å². The third-order valence-corrected chi connectivity index (χ3v) is 4.16. The highest BCUT2D eigenvalue weighted by atomic mass is 79.9. The largest absolute Gasteiger partial charge is 0.483 e. The highest BCUT2D eigenvalue weighted by Gasteiger charge is 2.16. The first kappa shape index (κ1) is 21.5. The van der Waals surface area contributed by atoms with Gasteiger partial charge in [0, 0.05) is 17.2 Å². The van der Waals surface area contributed by atoms with Crippen LogP contribution >= 0.6 is 27.5 Å². The highest BCUT2D eigenvalue weighted by molar-refractivity contribution is 9.10. The van der Waals surface area contributed by atoms with Gasteiger partial charge in [-0.25, -0.2) is 0 Å². The Labute approximate surface area is 173 Å². The SMILES string of the molecule is CC(Oc1ccc([N+](=O)[O-])cc1)C(=O)NNC(=O)COc1ccc(Cl)cc1Br. The molecule has 1 unspecified atom stereocenters. The molecule has 9 nitrogen and oxygen atoms in total. The lowest BCUT2D eigenvalue weighted by Gasteiger charge is -2.15. The molecule has 2 rings (SSSR count). The number of amides is 2. The first-order chi connectivity index (χ1) is 13.3. The van der Waals surface area contributed by atoms with E-state index in [0.29, 0.717) is 15.2 Å². The van der Waals surface area contributed by atoms with Crippen LogP contribution in [-0.4, -0.2) is 29.4 Å². The number of ether oxygens (including phenoxy) is 2. The third kappa shape index (κ3) is 6.39. The molecule has 1 atom stereocenters. The van der Waals surface area contributed by atoms with Gasteiger partial charge in [-0.1, -0.05) is 11.6 Å². The zero-order valence-corrected chi connectivity index (χ0v) is 16.8. The van der Waals surface area contributed by atoms with Gasteiger partial charge < -0.3 is 9.47 Å². The monoisotopic (exact) mass is 471 g/mol. The summed E-state index contributed by atoms with van der Waals surface area (Å²) in [7, 11) is 0. The molecule has 0 aliphatic heterocycles. The second-order valence-electron chi connectivity index (χ2n) is 5.41. The topological polar surface area (TPSA) is 120 Å². The molecule has 0 aliphatic carbocycles. The van der Waals surface area contributed by atoms with Gasteiger partial charge in [0.05, 0.1) is 9.40 Å². The summed E-state index contributed by atoms with van der Waals surface area (Å²) >= 11 is 9.08. The van der Waals surface area contributed by atoms with Crippen LogP contribution in [0.3, 0.4) is 0 Å². The van der Waals surface area contributed by atoms with E-state index in [-0.39, 0.29) is 18.0 Å². The number of carbonyl (C=O) groups is 2. The van der Waals surface area contributed by atoms with Crippen LogP contribution in [0.15, 0.2) is 46.9 Å². The highest BCUT2D eigenvalue weighted by Crippen LogP contribution is 2.27. The number of hydrogen-bond donors (Lipinski definition) is 2. The van der Waals surface area contributed by atoms with Gasteiger partial charge in [-0.2, -0.15) is 0 Å². The molecule has 2 aromatic rings. The first-order valence-corrected chi connectivity index (χ1v) is 9.01. The number of carbonyl (C=O) groups excluding carboxylic acids is 2. The molecule has 0 fully saturated rings. The number of nitro groups is 1. The number of halogens is 2. The van der Waals surface area contributed by atoms with Crippen molar-refractivity contribution in [2.24, 2.45) is 0 Å². The summed E-state index contributed by atoms with van der Waals surface area (Å²) in [5, 5.41) is 11.1. The summed E-state index contributed by atoms with van der Waals surface area (Å²) in [6.07, 6.45) is -0.951. The fraction of sp³-hybridized carbons (Fsp3) is 0.176.